The van der Waals surface area contributed by atoms with Crippen LogP contribution in [0.3, 0.4) is 0 Å². The van der Waals surface area contributed by atoms with Crippen molar-refractivity contribution in [1.82, 2.24) is 19.9 Å². The molecule has 0 saturated carbocycles. The predicted molar refractivity (Wildman–Crippen MR) is 79.1 cm³/mol. The Kier molecular flexibility index (Phi) is 6.37. The Labute approximate surface area is 140 Å². The first kappa shape index (κ1) is 19.6. The van der Waals surface area contributed by atoms with Gasteiger partial charge in [0.05, 0.1) is 20.0 Å². The van der Waals surface area contributed by atoms with Gasteiger partial charge in [0, 0.05) is 0 Å². The van der Waals surface area contributed by atoms with Crippen molar-refractivity contribution < 1.29 is 43.7 Å². The van der Waals surface area contributed by atoms with E-state index >= 15 is 0 Å². The molecule has 0 aromatic carbocycles. The van der Waals surface area contributed by atoms with Gasteiger partial charge in [0.2, 0.25) is 5.88 Å². The molecule has 3 heterocycles. The molecule has 25 heavy (non-hydrogen) atoms. The topological polar surface area (TPSA) is 200 Å². The maximum atomic E-state index is 10.3. The number of hydrogen-bond acceptors (Lipinski definition) is 10. The fourth-order valence-electron chi connectivity index (χ4n) is 1.93. The molecule has 0 spiro atoms. The van der Waals surface area contributed by atoms with Crippen LogP contribution in [0, 0.1) is 0 Å². The molecular weight excluding hydrogens is 363 g/mol. The van der Waals surface area contributed by atoms with Crippen LogP contribution in [0.15, 0.2) is 12.7 Å². The van der Waals surface area contributed by atoms with Gasteiger partial charge in [0.15, 0.2) is 11.9 Å². The minimum atomic E-state index is -4.64. The van der Waals surface area contributed by atoms with Gasteiger partial charge in [-0.15, -0.1) is 0 Å². The molecular formula is C11H17N4O9P. The number of rotatable bonds is 4. The number of phosphoric ester groups is 1. The molecule has 2 aromatic heterocycles. The summed E-state index contributed by atoms with van der Waals surface area (Å²) in [6.07, 6.45) is -2.69. The molecule has 0 aliphatic carbocycles. The standard InChI is InChI=1S/C6H6N4O.C5H11O8P/c1-11-6-4-5(8-2-7-4)9-3-10-6;6-3-2(1-12-14(9,10)11)13-5(8)4(3)7/h2-3H,1H3,(H,7,8,9,10);2-8H,1H2,(H2,9,10,11)/t;2-,3-,4+,5?/m.1/s1. The molecule has 4 atom stereocenters. The van der Waals surface area contributed by atoms with Crippen LogP contribution in [0.2, 0.25) is 0 Å². The summed E-state index contributed by atoms with van der Waals surface area (Å²) >= 11 is 0. The molecule has 3 rings (SSSR count). The number of imidazole rings is 1. The molecule has 2 aromatic rings. The zero-order valence-corrected chi connectivity index (χ0v) is 13.7. The largest absolute Gasteiger partial charge is 0.479 e. The molecule has 1 unspecified atom stereocenters. The first-order valence-corrected chi connectivity index (χ1v) is 8.33. The van der Waals surface area contributed by atoms with Crippen LogP contribution in [0.4, 0.5) is 0 Å². The van der Waals surface area contributed by atoms with Crippen molar-refractivity contribution in [2.45, 2.75) is 24.6 Å². The van der Waals surface area contributed by atoms with E-state index < -0.39 is 39.0 Å². The average Bonchev–Trinajstić information content (AvgIpc) is 3.13. The number of aromatic amines is 1. The molecule has 14 heteroatoms. The van der Waals surface area contributed by atoms with Crippen LogP contribution < -0.4 is 4.74 Å². The summed E-state index contributed by atoms with van der Waals surface area (Å²) in [6.45, 7) is -0.612. The van der Waals surface area contributed by atoms with E-state index in [-0.39, 0.29) is 0 Å². The third-order valence-corrected chi connectivity index (χ3v) is 3.61. The lowest BCUT2D eigenvalue weighted by atomic mass is 10.1. The second-order valence-corrected chi connectivity index (χ2v) is 6.06. The van der Waals surface area contributed by atoms with Crippen molar-refractivity contribution in [3.63, 3.8) is 0 Å². The summed E-state index contributed by atoms with van der Waals surface area (Å²) in [5.74, 6) is 0.521. The first-order chi connectivity index (χ1) is 11.7. The lowest BCUT2D eigenvalue weighted by Gasteiger charge is -2.14. The smallest absolute Gasteiger partial charge is 0.469 e. The van der Waals surface area contributed by atoms with E-state index in [0.29, 0.717) is 11.5 Å². The van der Waals surface area contributed by atoms with Gasteiger partial charge in [-0.05, 0) is 0 Å². The van der Waals surface area contributed by atoms with Crippen molar-refractivity contribution in [1.29, 1.82) is 0 Å². The first-order valence-electron chi connectivity index (χ1n) is 6.80. The molecule has 0 amide bonds. The lowest BCUT2D eigenvalue weighted by molar-refractivity contribution is -0.132. The number of aromatic nitrogens is 4. The van der Waals surface area contributed by atoms with Gasteiger partial charge in [-0.2, -0.15) is 4.98 Å². The van der Waals surface area contributed by atoms with Gasteiger partial charge >= 0.3 is 7.82 Å². The van der Waals surface area contributed by atoms with Gasteiger partial charge in [-0.1, -0.05) is 0 Å². The monoisotopic (exact) mass is 380 g/mol. The Hall–Kier alpha value is -1.70. The summed E-state index contributed by atoms with van der Waals surface area (Å²) in [7, 11) is -3.08. The minimum Gasteiger partial charge on any atom is -0.479 e. The number of hydrogen-bond donors (Lipinski definition) is 6. The second-order valence-electron chi connectivity index (χ2n) is 4.82. The van der Waals surface area contributed by atoms with Crippen LogP contribution in [0.5, 0.6) is 5.88 Å². The Morgan fingerprint density at radius 1 is 1.24 bits per heavy atom. The number of phosphoric acid groups is 1. The number of nitrogens with zero attached hydrogens (tertiary/aromatic N) is 3. The highest BCUT2D eigenvalue weighted by Gasteiger charge is 2.42. The summed E-state index contributed by atoms with van der Waals surface area (Å²) in [4.78, 5) is 31.3. The number of nitrogens with one attached hydrogen (secondary N) is 1. The highest BCUT2D eigenvalue weighted by atomic mass is 31.2. The van der Waals surface area contributed by atoms with Crippen LogP contribution in [0.1, 0.15) is 0 Å². The number of methoxy groups -OCH3 is 1. The molecule has 1 aliphatic heterocycles. The summed E-state index contributed by atoms with van der Waals surface area (Å²) < 4.78 is 23.8. The third kappa shape index (κ3) is 5.14. The van der Waals surface area contributed by atoms with E-state index in [0.717, 1.165) is 5.52 Å². The fourth-order valence-corrected chi connectivity index (χ4v) is 2.28. The van der Waals surface area contributed by atoms with Gasteiger partial charge in [-0.3, -0.25) is 4.52 Å². The SMILES string of the molecule is COc1ncnc2nc[nH]c12.O=P(O)(O)OC[C@H]1OC(O)[C@@H](O)[C@@H]1O. The summed E-state index contributed by atoms with van der Waals surface area (Å²) in [5.41, 5.74) is 1.35. The van der Waals surface area contributed by atoms with E-state index in [9.17, 15) is 4.57 Å². The number of aliphatic hydroxyl groups excluding tert-OH is 3. The van der Waals surface area contributed by atoms with Crippen molar-refractivity contribution in [2.75, 3.05) is 13.7 Å². The summed E-state index contributed by atoms with van der Waals surface area (Å²) in [5, 5.41) is 27.0. The Morgan fingerprint density at radius 3 is 2.52 bits per heavy atom. The normalized spacial score (nSPS) is 26.3. The Morgan fingerprint density at radius 2 is 1.96 bits per heavy atom. The number of H-pyrrole nitrogens is 1. The van der Waals surface area contributed by atoms with E-state index in [4.69, 9.17) is 29.8 Å². The highest BCUT2D eigenvalue weighted by Crippen LogP contribution is 2.36. The van der Waals surface area contributed by atoms with Crippen molar-refractivity contribution in [3.05, 3.63) is 12.7 Å². The van der Waals surface area contributed by atoms with E-state index in [1.54, 1.807) is 13.4 Å². The van der Waals surface area contributed by atoms with Crippen molar-refractivity contribution in [2.24, 2.45) is 0 Å². The van der Waals surface area contributed by atoms with E-state index in [1.165, 1.54) is 6.33 Å². The molecule has 1 saturated heterocycles. The molecule has 1 fully saturated rings. The fraction of sp³-hybridized carbons (Fsp3) is 0.545. The maximum Gasteiger partial charge on any atom is 0.469 e. The average molecular weight is 380 g/mol. The Balaban J connectivity index is 0.000000185. The zero-order chi connectivity index (χ0) is 18.6. The number of fused-ring (bicyclic) bond motifs is 1. The van der Waals surface area contributed by atoms with Crippen LogP contribution in [-0.4, -0.2) is 83.4 Å². The van der Waals surface area contributed by atoms with Crippen molar-refractivity contribution >= 4 is 19.0 Å². The third-order valence-electron chi connectivity index (χ3n) is 3.13. The molecule has 140 valence electrons. The predicted octanol–water partition coefficient (Wildman–Crippen LogP) is -2.10. The Bertz CT molecular complexity index is 737. The zero-order valence-electron chi connectivity index (χ0n) is 12.8. The quantitative estimate of drug-likeness (QED) is 0.316. The second kappa shape index (κ2) is 8.12. The van der Waals surface area contributed by atoms with Crippen LogP contribution in [-0.2, 0) is 13.8 Å². The van der Waals surface area contributed by atoms with E-state index in [2.05, 4.69) is 29.2 Å². The number of aliphatic hydroxyl groups is 3. The highest BCUT2D eigenvalue weighted by molar-refractivity contribution is 7.46. The van der Waals surface area contributed by atoms with Crippen LogP contribution in [0.25, 0.3) is 11.2 Å². The van der Waals surface area contributed by atoms with Gasteiger partial charge in [0.25, 0.3) is 0 Å². The van der Waals surface area contributed by atoms with Crippen LogP contribution >= 0.6 is 7.82 Å². The van der Waals surface area contributed by atoms with Gasteiger partial charge in [-0.25, -0.2) is 14.5 Å². The molecule has 0 bridgehead atoms. The van der Waals surface area contributed by atoms with Gasteiger partial charge < -0.3 is 39.6 Å². The minimum absolute atomic E-state index is 0.521. The van der Waals surface area contributed by atoms with Crippen molar-refractivity contribution in [3.8, 4) is 5.88 Å². The van der Waals surface area contributed by atoms with E-state index in [1.807, 2.05) is 0 Å². The molecule has 13 nitrogen and oxygen atoms in total. The lowest BCUT2D eigenvalue weighted by Crippen LogP contribution is -2.34. The number of ether oxygens (including phenoxy) is 2. The van der Waals surface area contributed by atoms with Gasteiger partial charge in [0.1, 0.15) is 30.2 Å². The maximum absolute atomic E-state index is 10.3. The molecule has 1 aliphatic rings. The molecule has 0 radical (unpaired) electrons. The molecule has 6 N–H and O–H groups in total. The summed E-state index contributed by atoms with van der Waals surface area (Å²) in [6, 6.07) is 0.